The maximum Gasteiger partial charge on any atom is 0.227 e. The molecule has 0 saturated carbocycles. The van der Waals surface area contributed by atoms with Gasteiger partial charge in [-0.3, -0.25) is 4.79 Å². The fraction of sp³-hybridized carbons (Fsp3) is 0.385. The summed E-state index contributed by atoms with van der Waals surface area (Å²) in [7, 11) is 1.56. The van der Waals surface area contributed by atoms with Gasteiger partial charge in [0.15, 0.2) is 0 Å². The van der Waals surface area contributed by atoms with Crippen molar-refractivity contribution in [3.63, 3.8) is 0 Å². The van der Waals surface area contributed by atoms with Crippen LogP contribution in [0.5, 0.6) is 0 Å². The second kappa shape index (κ2) is 6.32. The second-order valence-corrected chi connectivity index (χ2v) is 5.59. The zero-order valence-electron chi connectivity index (χ0n) is 11.1. The first-order valence-electron chi connectivity index (χ1n) is 5.69. The van der Waals surface area contributed by atoms with Gasteiger partial charge >= 0.3 is 0 Å². The lowest BCUT2D eigenvalue weighted by molar-refractivity contribution is -0.121. The molecule has 0 fully saturated rings. The van der Waals surface area contributed by atoms with Gasteiger partial charge in [-0.25, -0.2) is 0 Å². The largest absolute Gasteiger partial charge is 0.389 e. The minimum Gasteiger partial charge on any atom is -0.389 e. The van der Waals surface area contributed by atoms with Crippen molar-refractivity contribution in [2.24, 2.45) is 5.73 Å². The molecule has 104 valence electrons. The summed E-state index contributed by atoms with van der Waals surface area (Å²) in [5.41, 5.74) is 6.16. The Bertz CT molecular complexity index is 503. The van der Waals surface area contributed by atoms with Gasteiger partial charge < -0.3 is 15.8 Å². The van der Waals surface area contributed by atoms with Gasteiger partial charge in [0.2, 0.25) is 5.91 Å². The standard InChI is InChI=1S/C13H17ClN2O2S/c1-13(2,18-3)7-11(17)16-10-6-8(12(15)19)4-5-9(10)14/h4-6H,7H2,1-3H3,(H2,15,19)(H,16,17). The van der Waals surface area contributed by atoms with Gasteiger partial charge in [-0.2, -0.15) is 0 Å². The summed E-state index contributed by atoms with van der Waals surface area (Å²) in [5.74, 6) is -0.186. The minimum absolute atomic E-state index is 0.186. The molecule has 0 spiro atoms. The summed E-state index contributed by atoms with van der Waals surface area (Å²) in [4.78, 5) is 12.2. The fourth-order valence-electron chi connectivity index (χ4n) is 1.43. The number of benzene rings is 1. The van der Waals surface area contributed by atoms with Gasteiger partial charge in [0.1, 0.15) is 4.99 Å². The Kier molecular flexibility index (Phi) is 5.29. The third-order valence-corrected chi connectivity index (χ3v) is 3.23. The highest BCUT2D eigenvalue weighted by Crippen LogP contribution is 2.24. The number of nitrogens with one attached hydrogen (secondary N) is 1. The molecule has 0 heterocycles. The van der Waals surface area contributed by atoms with E-state index in [1.54, 1.807) is 25.3 Å². The maximum atomic E-state index is 11.9. The highest BCUT2D eigenvalue weighted by Gasteiger charge is 2.21. The summed E-state index contributed by atoms with van der Waals surface area (Å²) in [5, 5.41) is 3.16. The molecular weight excluding hydrogens is 284 g/mol. The maximum absolute atomic E-state index is 11.9. The molecule has 0 radical (unpaired) electrons. The average Bonchev–Trinajstić information content (AvgIpc) is 2.31. The number of halogens is 1. The predicted octanol–water partition coefficient (Wildman–Crippen LogP) is 2.73. The molecule has 3 N–H and O–H groups in total. The van der Waals surface area contributed by atoms with Crippen LogP contribution in [-0.4, -0.2) is 23.6 Å². The zero-order chi connectivity index (χ0) is 14.6. The number of anilines is 1. The van der Waals surface area contributed by atoms with Gasteiger partial charge in [-0.1, -0.05) is 29.9 Å². The molecule has 0 aliphatic heterocycles. The Balaban J connectivity index is 2.84. The summed E-state index contributed by atoms with van der Waals surface area (Å²) < 4.78 is 5.20. The number of thiocarbonyl (C=S) groups is 1. The van der Waals surface area contributed by atoms with Gasteiger partial charge in [0.05, 0.1) is 22.7 Å². The molecule has 0 aromatic heterocycles. The van der Waals surface area contributed by atoms with Crippen LogP contribution in [0.25, 0.3) is 0 Å². The lowest BCUT2D eigenvalue weighted by Crippen LogP contribution is -2.29. The number of hydrogen-bond acceptors (Lipinski definition) is 3. The summed E-state index contributed by atoms with van der Waals surface area (Å²) in [6.45, 7) is 3.67. The Morgan fingerprint density at radius 1 is 1.53 bits per heavy atom. The number of ether oxygens (including phenoxy) is 1. The van der Waals surface area contributed by atoms with Crippen LogP contribution in [0, 0.1) is 0 Å². The lowest BCUT2D eigenvalue weighted by atomic mass is 10.0. The van der Waals surface area contributed by atoms with Crippen LogP contribution in [0.1, 0.15) is 25.8 Å². The molecule has 1 amide bonds. The van der Waals surface area contributed by atoms with E-state index < -0.39 is 5.60 Å². The highest BCUT2D eigenvalue weighted by molar-refractivity contribution is 7.80. The van der Waals surface area contributed by atoms with Crippen molar-refractivity contribution in [3.8, 4) is 0 Å². The Morgan fingerprint density at radius 3 is 2.68 bits per heavy atom. The second-order valence-electron chi connectivity index (χ2n) is 4.75. The van der Waals surface area contributed by atoms with Gasteiger partial charge in [-0.05, 0) is 26.0 Å². The molecule has 1 rings (SSSR count). The van der Waals surface area contributed by atoms with Crippen LogP contribution >= 0.6 is 23.8 Å². The molecule has 0 aliphatic rings. The van der Waals surface area contributed by atoms with Gasteiger partial charge in [0.25, 0.3) is 0 Å². The normalized spacial score (nSPS) is 11.2. The van der Waals surface area contributed by atoms with Crippen molar-refractivity contribution in [2.75, 3.05) is 12.4 Å². The summed E-state index contributed by atoms with van der Waals surface area (Å²) >= 11 is 10.9. The van der Waals surface area contributed by atoms with E-state index >= 15 is 0 Å². The first-order chi connectivity index (χ1) is 8.75. The zero-order valence-corrected chi connectivity index (χ0v) is 12.7. The first kappa shape index (κ1) is 15.9. The first-order valence-corrected chi connectivity index (χ1v) is 6.48. The van der Waals surface area contributed by atoms with E-state index in [9.17, 15) is 4.79 Å². The molecule has 0 unspecified atom stereocenters. The van der Waals surface area contributed by atoms with Gasteiger partial charge in [-0.15, -0.1) is 0 Å². The third-order valence-electron chi connectivity index (χ3n) is 2.66. The SMILES string of the molecule is COC(C)(C)CC(=O)Nc1cc(C(N)=S)ccc1Cl. The number of amides is 1. The monoisotopic (exact) mass is 300 g/mol. The Labute approximate surface area is 123 Å². The lowest BCUT2D eigenvalue weighted by Gasteiger charge is -2.22. The number of carbonyl (C=O) groups excluding carboxylic acids is 1. The van der Waals surface area contributed by atoms with Crippen molar-refractivity contribution in [1.82, 2.24) is 0 Å². The van der Waals surface area contributed by atoms with E-state index in [0.717, 1.165) is 0 Å². The Morgan fingerprint density at radius 2 is 2.16 bits per heavy atom. The average molecular weight is 301 g/mol. The number of carbonyl (C=O) groups is 1. The van der Waals surface area contributed by atoms with Crippen LogP contribution < -0.4 is 11.1 Å². The highest BCUT2D eigenvalue weighted by atomic mass is 35.5. The minimum atomic E-state index is -0.530. The molecule has 4 nitrogen and oxygen atoms in total. The van der Waals surface area contributed by atoms with Crippen molar-refractivity contribution < 1.29 is 9.53 Å². The van der Waals surface area contributed by atoms with Crippen molar-refractivity contribution >= 4 is 40.4 Å². The summed E-state index contributed by atoms with van der Waals surface area (Å²) in [6, 6.07) is 5.01. The number of methoxy groups -OCH3 is 1. The number of hydrogen-bond donors (Lipinski definition) is 2. The van der Waals surface area contributed by atoms with Crippen molar-refractivity contribution in [1.29, 1.82) is 0 Å². The van der Waals surface area contributed by atoms with E-state index in [1.807, 2.05) is 13.8 Å². The third kappa shape index (κ3) is 4.78. The van der Waals surface area contributed by atoms with E-state index in [0.29, 0.717) is 16.3 Å². The Hall–Kier alpha value is -1.17. The topological polar surface area (TPSA) is 64.3 Å². The molecule has 0 atom stereocenters. The molecule has 6 heteroatoms. The van der Waals surface area contributed by atoms with Crippen molar-refractivity contribution in [2.45, 2.75) is 25.9 Å². The van der Waals surface area contributed by atoms with Crippen LogP contribution in [0.15, 0.2) is 18.2 Å². The smallest absolute Gasteiger partial charge is 0.227 e. The molecule has 0 saturated heterocycles. The summed E-state index contributed by atoms with van der Waals surface area (Å²) in [6.07, 6.45) is 0.219. The van der Waals surface area contributed by atoms with Gasteiger partial charge in [0, 0.05) is 12.7 Å². The van der Waals surface area contributed by atoms with E-state index in [-0.39, 0.29) is 17.3 Å². The molecule has 1 aromatic rings. The predicted molar refractivity (Wildman–Crippen MR) is 81.7 cm³/mol. The quantitative estimate of drug-likeness (QED) is 0.821. The van der Waals surface area contributed by atoms with E-state index in [4.69, 9.17) is 34.3 Å². The molecule has 0 bridgehead atoms. The fourth-order valence-corrected chi connectivity index (χ4v) is 1.72. The van der Waals surface area contributed by atoms with E-state index in [2.05, 4.69) is 5.32 Å². The number of nitrogens with two attached hydrogens (primary N) is 1. The van der Waals surface area contributed by atoms with Crippen LogP contribution in [0.3, 0.4) is 0 Å². The van der Waals surface area contributed by atoms with Crippen molar-refractivity contribution in [3.05, 3.63) is 28.8 Å². The molecule has 0 aliphatic carbocycles. The molecule has 19 heavy (non-hydrogen) atoms. The van der Waals surface area contributed by atoms with Crippen LogP contribution in [0.2, 0.25) is 5.02 Å². The molecule has 1 aromatic carbocycles. The van der Waals surface area contributed by atoms with Crippen LogP contribution in [-0.2, 0) is 9.53 Å². The molecular formula is C13H17ClN2O2S. The van der Waals surface area contributed by atoms with Crippen LogP contribution in [0.4, 0.5) is 5.69 Å². The number of rotatable bonds is 5. The van der Waals surface area contributed by atoms with E-state index in [1.165, 1.54) is 0 Å².